The van der Waals surface area contributed by atoms with Crippen molar-refractivity contribution in [3.05, 3.63) is 0 Å². The average molecular weight is 331 g/mol. The van der Waals surface area contributed by atoms with Crippen molar-refractivity contribution in [1.82, 2.24) is 0 Å². The van der Waals surface area contributed by atoms with Gasteiger partial charge in [-0.15, -0.1) is 0 Å². The molecular formula is C15H25NO7. The Morgan fingerprint density at radius 1 is 1.09 bits per heavy atom. The predicted molar refractivity (Wildman–Crippen MR) is 79.7 cm³/mol. The number of carbonyl (C=O) groups is 3. The highest BCUT2D eigenvalue weighted by atomic mass is 16.4. The number of hydrogen-bond donors (Lipinski definition) is 5. The molecule has 8 heteroatoms. The summed E-state index contributed by atoms with van der Waals surface area (Å²) in [7, 11) is 0. The average Bonchev–Trinajstić information content (AvgIpc) is 2.99. The van der Waals surface area contributed by atoms with Crippen molar-refractivity contribution >= 4 is 17.9 Å². The van der Waals surface area contributed by atoms with Crippen molar-refractivity contribution in [2.24, 2.45) is 23.5 Å². The molecule has 2 bridgehead atoms. The van der Waals surface area contributed by atoms with Crippen molar-refractivity contribution in [3.63, 3.8) is 0 Å². The number of carboxylic acids is 3. The van der Waals surface area contributed by atoms with Crippen LogP contribution in [0.15, 0.2) is 0 Å². The lowest BCUT2D eigenvalue weighted by Crippen LogP contribution is -2.42. The van der Waals surface area contributed by atoms with Gasteiger partial charge in [-0.25, -0.2) is 4.79 Å². The van der Waals surface area contributed by atoms with Gasteiger partial charge in [-0.1, -0.05) is 6.42 Å². The maximum absolute atomic E-state index is 10.3. The summed E-state index contributed by atoms with van der Waals surface area (Å²) in [5.41, 5.74) is 3.15. The number of aliphatic carboxylic acids is 3. The van der Waals surface area contributed by atoms with E-state index in [0.29, 0.717) is 6.04 Å². The lowest BCUT2D eigenvalue weighted by Gasteiger charge is -2.24. The van der Waals surface area contributed by atoms with Gasteiger partial charge in [-0.2, -0.15) is 0 Å². The summed E-state index contributed by atoms with van der Waals surface area (Å²) < 4.78 is 0. The standard InChI is InChI=1S/C9H17N.C6H8O7/c1-6(10)9-5-7-2-3-8(9)4-7;7-3(8)1-6(13,5(11)12)2-4(9)10/h6-9H,2-5,10H2,1H3;13H,1-2H2,(H,7,8)(H,9,10)(H,11,12). The molecule has 0 amide bonds. The van der Waals surface area contributed by atoms with Gasteiger partial charge in [0.25, 0.3) is 0 Å². The van der Waals surface area contributed by atoms with Gasteiger partial charge in [-0.3, -0.25) is 9.59 Å². The second-order valence-electron chi connectivity index (χ2n) is 6.68. The van der Waals surface area contributed by atoms with E-state index >= 15 is 0 Å². The van der Waals surface area contributed by atoms with E-state index in [-0.39, 0.29) is 0 Å². The molecule has 0 aliphatic heterocycles. The van der Waals surface area contributed by atoms with Gasteiger partial charge in [-0.05, 0) is 43.9 Å². The predicted octanol–water partition coefficient (Wildman–Crippen LogP) is 0.521. The fourth-order valence-electron chi connectivity index (χ4n) is 3.65. The van der Waals surface area contributed by atoms with E-state index in [1.807, 2.05) is 0 Å². The number of fused-ring (bicyclic) bond motifs is 2. The van der Waals surface area contributed by atoms with Crippen molar-refractivity contribution in [2.45, 2.75) is 57.1 Å². The van der Waals surface area contributed by atoms with Crippen molar-refractivity contribution < 1.29 is 34.8 Å². The maximum atomic E-state index is 10.3. The third-order valence-electron chi connectivity index (χ3n) is 4.75. The van der Waals surface area contributed by atoms with Gasteiger partial charge in [0.05, 0.1) is 12.8 Å². The first-order chi connectivity index (χ1) is 10.5. The quantitative estimate of drug-likeness (QED) is 0.471. The maximum Gasteiger partial charge on any atom is 0.336 e. The molecule has 2 fully saturated rings. The molecule has 0 aromatic heterocycles. The molecule has 4 unspecified atom stereocenters. The Balaban J connectivity index is 0.000000235. The number of carboxylic acid groups (broad SMARTS) is 3. The Morgan fingerprint density at radius 2 is 1.61 bits per heavy atom. The summed E-state index contributed by atoms with van der Waals surface area (Å²) in [5, 5.41) is 33.8. The molecule has 2 rings (SSSR count). The van der Waals surface area contributed by atoms with E-state index in [4.69, 9.17) is 26.2 Å². The molecule has 0 aromatic rings. The van der Waals surface area contributed by atoms with Crippen LogP contribution in [0.2, 0.25) is 0 Å². The van der Waals surface area contributed by atoms with Crippen LogP contribution in [-0.4, -0.2) is 50.0 Å². The van der Waals surface area contributed by atoms with E-state index in [1.165, 1.54) is 25.7 Å². The number of nitrogens with two attached hydrogens (primary N) is 1. The minimum absolute atomic E-state index is 0.454. The van der Waals surface area contributed by atoms with E-state index in [2.05, 4.69) is 6.92 Å². The van der Waals surface area contributed by atoms with Crippen molar-refractivity contribution in [3.8, 4) is 0 Å². The molecule has 2 aliphatic carbocycles. The number of hydrogen-bond acceptors (Lipinski definition) is 5. The Bertz CT molecular complexity index is 447. The highest BCUT2D eigenvalue weighted by Crippen LogP contribution is 2.49. The van der Waals surface area contributed by atoms with Crippen molar-refractivity contribution in [2.75, 3.05) is 0 Å². The molecule has 0 aromatic carbocycles. The van der Waals surface area contributed by atoms with Crippen LogP contribution in [0.5, 0.6) is 0 Å². The van der Waals surface area contributed by atoms with Crippen LogP contribution in [0.1, 0.15) is 45.4 Å². The molecule has 0 heterocycles. The Morgan fingerprint density at radius 3 is 1.83 bits per heavy atom. The molecular weight excluding hydrogens is 306 g/mol. The summed E-state index contributed by atoms with van der Waals surface area (Å²) in [6.45, 7) is 2.17. The molecule has 6 N–H and O–H groups in total. The van der Waals surface area contributed by atoms with E-state index in [9.17, 15) is 14.4 Å². The zero-order valence-corrected chi connectivity index (χ0v) is 13.1. The van der Waals surface area contributed by atoms with Gasteiger partial charge >= 0.3 is 17.9 Å². The van der Waals surface area contributed by atoms with Gasteiger partial charge in [0.1, 0.15) is 0 Å². The smallest absolute Gasteiger partial charge is 0.336 e. The number of aliphatic hydroxyl groups is 1. The molecule has 0 spiro atoms. The molecule has 132 valence electrons. The zero-order chi connectivity index (χ0) is 17.8. The fraction of sp³-hybridized carbons (Fsp3) is 0.800. The Labute approximate surface area is 134 Å². The van der Waals surface area contributed by atoms with Crippen LogP contribution < -0.4 is 5.73 Å². The van der Waals surface area contributed by atoms with Gasteiger partial charge in [0.2, 0.25) is 0 Å². The zero-order valence-electron chi connectivity index (χ0n) is 13.1. The SMILES string of the molecule is CC(N)C1CC2CCC1C2.O=C(O)CC(O)(CC(=O)O)C(=O)O. The molecule has 23 heavy (non-hydrogen) atoms. The third kappa shape index (κ3) is 5.47. The lowest BCUT2D eigenvalue weighted by molar-refractivity contribution is -0.170. The summed E-state index contributed by atoms with van der Waals surface area (Å²) >= 11 is 0. The van der Waals surface area contributed by atoms with Crippen LogP contribution in [-0.2, 0) is 14.4 Å². The molecule has 0 radical (unpaired) electrons. The van der Waals surface area contributed by atoms with Crippen LogP contribution in [0.25, 0.3) is 0 Å². The minimum atomic E-state index is -2.74. The summed E-state index contributed by atoms with van der Waals surface area (Å²) in [4.78, 5) is 30.5. The van der Waals surface area contributed by atoms with Crippen LogP contribution in [0.3, 0.4) is 0 Å². The first-order valence-corrected chi connectivity index (χ1v) is 7.70. The molecule has 8 nitrogen and oxygen atoms in total. The second kappa shape index (κ2) is 7.74. The highest BCUT2D eigenvalue weighted by Gasteiger charge is 2.41. The molecule has 0 saturated heterocycles. The second-order valence-corrected chi connectivity index (χ2v) is 6.68. The highest BCUT2D eigenvalue weighted by molar-refractivity contribution is 5.88. The summed E-state index contributed by atoms with van der Waals surface area (Å²) in [6.07, 6.45) is 3.60. The fourth-order valence-corrected chi connectivity index (χ4v) is 3.65. The summed E-state index contributed by atoms with van der Waals surface area (Å²) in [5.74, 6) is -2.08. The van der Waals surface area contributed by atoms with Gasteiger partial charge in [0, 0.05) is 6.04 Å². The molecule has 2 saturated carbocycles. The Kier molecular flexibility index (Phi) is 6.52. The van der Waals surface area contributed by atoms with E-state index < -0.39 is 36.4 Å². The minimum Gasteiger partial charge on any atom is -0.481 e. The lowest BCUT2D eigenvalue weighted by atomic mass is 9.84. The topological polar surface area (TPSA) is 158 Å². The van der Waals surface area contributed by atoms with E-state index in [1.54, 1.807) is 0 Å². The molecule has 2 aliphatic rings. The first-order valence-electron chi connectivity index (χ1n) is 7.70. The van der Waals surface area contributed by atoms with E-state index in [0.717, 1.165) is 17.8 Å². The Hall–Kier alpha value is -1.67. The largest absolute Gasteiger partial charge is 0.481 e. The third-order valence-corrected chi connectivity index (χ3v) is 4.75. The van der Waals surface area contributed by atoms with Crippen LogP contribution >= 0.6 is 0 Å². The van der Waals surface area contributed by atoms with Gasteiger partial charge < -0.3 is 26.2 Å². The first kappa shape index (κ1) is 19.4. The van der Waals surface area contributed by atoms with Crippen LogP contribution in [0, 0.1) is 17.8 Å². The van der Waals surface area contributed by atoms with Crippen molar-refractivity contribution in [1.29, 1.82) is 0 Å². The monoisotopic (exact) mass is 331 g/mol. The molecule has 4 atom stereocenters. The normalized spacial score (nSPS) is 27.0. The number of rotatable bonds is 6. The summed E-state index contributed by atoms with van der Waals surface area (Å²) in [6, 6.07) is 0.454. The van der Waals surface area contributed by atoms with Gasteiger partial charge in [0.15, 0.2) is 5.60 Å². The van der Waals surface area contributed by atoms with Crippen LogP contribution in [0.4, 0.5) is 0 Å².